The highest BCUT2D eigenvalue weighted by molar-refractivity contribution is 9.10. The van der Waals surface area contributed by atoms with Gasteiger partial charge in [-0.2, -0.15) is 0 Å². The normalized spacial score (nSPS) is 14.5. The average molecular weight is 554 g/mol. The molecule has 0 saturated carbocycles. The van der Waals surface area contributed by atoms with Crippen LogP contribution in [0.5, 0.6) is 17.2 Å². The lowest BCUT2D eigenvalue weighted by molar-refractivity contribution is -0.123. The molecule has 3 aromatic carbocycles. The van der Waals surface area contributed by atoms with E-state index in [1.807, 2.05) is 61.5 Å². The fourth-order valence-electron chi connectivity index (χ4n) is 3.44. The number of aryl methyl sites for hydroxylation is 1. The highest BCUT2D eigenvalue weighted by Crippen LogP contribution is 2.35. The molecule has 0 radical (unpaired) electrons. The molecule has 1 heterocycles. The Bertz CT molecular complexity index is 1260. The molecule has 35 heavy (non-hydrogen) atoms. The van der Waals surface area contributed by atoms with Crippen LogP contribution in [-0.4, -0.2) is 36.3 Å². The zero-order valence-corrected chi connectivity index (χ0v) is 21.7. The summed E-state index contributed by atoms with van der Waals surface area (Å²) >= 11 is 4.34. The Morgan fingerprint density at radius 1 is 0.971 bits per heavy atom. The van der Waals surface area contributed by atoms with E-state index >= 15 is 0 Å². The van der Waals surface area contributed by atoms with Gasteiger partial charge in [0.15, 0.2) is 11.5 Å². The van der Waals surface area contributed by atoms with Crippen LogP contribution in [0.3, 0.4) is 0 Å². The van der Waals surface area contributed by atoms with E-state index in [1.54, 1.807) is 25.3 Å². The summed E-state index contributed by atoms with van der Waals surface area (Å²) in [5.41, 5.74) is 2.82. The summed E-state index contributed by atoms with van der Waals surface area (Å²) in [6, 6.07) is 20.9. The van der Waals surface area contributed by atoms with Gasteiger partial charge in [0.2, 0.25) is 0 Å². The maximum Gasteiger partial charge on any atom is 0.293 e. The van der Waals surface area contributed by atoms with Crippen LogP contribution in [-0.2, 0) is 11.4 Å². The summed E-state index contributed by atoms with van der Waals surface area (Å²) in [6.07, 6.45) is 1.69. The first-order chi connectivity index (χ1) is 16.9. The summed E-state index contributed by atoms with van der Waals surface area (Å²) < 4.78 is 18.1. The molecule has 0 aromatic heterocycles. The fourth-order valence-corrected chi connectivity index (χ4v) is 4.57. The van der Waals surface area contributed by atoms with Crippen molar-refractivity contribution in [3.63, 3.8) is 0 Å². The average Bonchev–Trinajstić information content (AvgIpc) is 3.11. The molecule has 8 heteroatoms. The van der Waals surface area contributed by atoms with Crippen molar-refractivity contribution in [2.24, 2.45) is 0 Å². The molecular weight excluding hydrogens is 530 g/mol. The Morgan fingerprint density at radius 3 is 2.51 bits per heavy atom. The van der Waals surface area contributed by atoms with Crippen molar-refractivity contribution < 1.29 is 23.8 Å². The molecule has 1 saturated heterocycles. The molecule has 180 valence electrons. The topological polar surface area (TPSA) is 65.1 Å². The first-order valence-electron chi connectivity index (χ1n) is 10.9. The number of nitrogens with zero attached hydrogens (tertiary/aromatic N) is 1. The van der Waals surface area contributed by atoms with Crippen LogP contribution >= 0.6 is 27.7 Å². The van der Waals surface area contributed by atoms with Crippen LogP contribution in [0, 0.1) is 6.92 Å². The minimum absolute atomic E-state index is 0.181. The van der Waals surface area contributed by atoms with Crippen LogP contribution in [0.25, 0.3) is 6.08 Å². The molecular formula is C27H24BrNO5S. The Balaban J connectivity index is 1.42. The summed E-state index contributed by atoms with van der Waals surface area (Å²) in [6.45, 7) is 2.75. The highest BCUT2D eigenvalue weighted by Gasteiger charge is 2.34. The zero-order valence-electron chi connectivity index (χ0n) is 19.3. The number of imide groups is 1. The number of rotatable bonds is 9. The molecule has 2 amide bonds. The van der Waals surface area contributed by atoms with Gasteiger partial charge in [0, 0.05) is 4.47 Å². The van der Waals surface area contributed by atoms with Crippen molar-refractivity contribution in [1.82, 2.24) is 4.90 Å². The smallest absolute Gasteiger partial charge is 0.293 e. The molecule has 6 nitrogen and oxygen atoms in total. The number of hydrogen-bond donors (Lipinski definition) is 0. The number of ether oxygens (including phenoxy) is 3. The number of methoxy groups -OCH3 is 1. The molecule has 3 aromatic rings. The number of hydrogen-bond acceptors (Lipinski definition) is 6. The molecule has 1 fully saturated rings. The van der Waals surface area contributed by atoms with Crippen molar-refractivity contribution in [2.45, 2.75) is 13.5 Å². The number of carbonyl (C=O) groups is 2. The number of thioether (sulfide) groups is 1. The molecule has 1 aliphatic heterocycles. The predicted octanol–water partition coefficient (Wildman–Crippen LogP) is 6.46. The minimum Gasteiger partial charge on any atom is -0.493 e. The fraction of sp³-hybridized carbons (Fsp3) is 0.185. The van der Waals surface area contributed by atoms with Gasteiger partial charge in [-0.15, -0.1) is 0 Å². The van der Waals surface area contributed by atoms with Crippen LogP contribution in [0.2, 0.25) is 0 Å². The number of halogens is 1. The molecule has 0 bridgehead atoms. The van der Waals surface area contributed by atoms with Gasteiger partial charge in [-0.1, -0.05) is 46.3 Å². The van der Waals surface area contributed by atoms with E-state index in [0.717, 1.165) is 32.9 Å². The van der Waals surface area contributed by atoms with Gasteiger partial charge < -0.3 is 14.2 Å². The Labute approximate surface area is 217 Å². The van der Waals surface area contributed by atoms with Crippen LogP contribution in [0.1, 0.15) is 16.7 Å². The minimum atomic E-state index is -0.332. The molecule has 4 rings (SSSR count). The lowest BCUT2D eigenvalue weighted by atomic mass is 10.1. The van der Waals surface area contributed by atoms with E-state index in [4.69, 9.17) is 14.2 Å². The van der Waals surface area contributed by atoms with E-state index < -0.39 is 0 Å². The third kappa shape index (κ3) is 6.46. The van der Waals surface area contributed by atoms with Gasteiger partial charge in [0.25, 0.3) is 11.1 Å². The van der Waals surface area contributed by atoms with Gasteiger partial charge >= 0.3 is 0 Å². The maximum absolute atomic E-state index is 12.9. The zero-order chi connectivity index (χ0) is 24.8. The van der Waals surface area contributed by atoms with Crippen LogP contribution in [0.4, 0.5) is 4.79 Å². The Kier molecular flexibility index (Phi) is 8.15. The summed E-state index contributed by atoms with van der Waals surface area (Å²) in [4.78, 5) is 26.9. The Morgan fingerprint density at radius 2 is 1.77 bits per heavy atom. The maximum atomic E-state index is 12.9. The van der Waals surface area contributed by atoms with Gasteiger partial charge in [-0.3, -0.25) is 14.5 Å². The van der Waals surface area contributed by atoms with Crippen molar-refractivity contribution in [2.75, 3.05) is 20.3 Å². The van der Waals surface area contributed by atoms with Gasteiger partial charge in [0.1, 0.15) is 19.0 Å². The number of amides is 2. The summed E-state index contributed by atoms with van der Waals surface area (Å²) in [7, 11) is 1.58. The van der Waals surface area contributed by atoms with Crippen molar-refractivity contribution in [1.29, 1.82) is 0 Å². The summed E-state index contributed by atoms with van der Waals surface area (Å²) in [5, 5.41) is -0.311. The second-order valence-electron chi connectivity index (χ2n) is 7.82. The van der Waals surface area contributed by atoms with E-state index in [1.165, 1.54) is 4.90 Å². The van der Waals surface area contributed by atoms with Gasteiger partial charge in [-0.25, -0.2) is 0 Å². The molecule has 1 aliphatic rings. The number of carbonyl (C=O) groups excluding carboxylic acids is 2. The predicted molar refractivity (Wildman–Crippen MR) is 141 cm³/mol. The lowest BCUT2D eigenvalue weighted by Crippen LogP contribution is -2.32. The van der Waals surface area contributed by atoms with E-state index in [0.29, 0.717) is 28.8 Å². The highest BCUT2D eigenvalue weighted by atomic mass is 79.9. The second-order valence-corrected chi connectivity index (χ2v) is 9.73. The third-order valence-corrected chi connectivity index (χ3v) is 6.68. The number of benzene rings is 3. The monoisotopic (exact) mass is 553 g/mol. The first kappa shape index (κ1) is 24.9. The lowest BCUT2D eigenvalue weighted by Gasteiger charge is -2.13. The molecule has 0 aliphatic carbocycles. The molecule has 0 unspecified atom stereocenters. The first-order valence-corrected chi connectivity index (χ1v) is 12.5. The van der Waals surface area contributed by atoms with Gasteiger partial charge in [-0.05, 0) is 77.9 Å². The quantitative estimate of drug-likeness (QED) is 0.283. The van der Waals surface area contributed by atoms with E-state index in [2.05, 4.69) is 15.9 Å². The summed E-state index contributed by atoms with van der Waals surface area (Å²) in [5.74, 6) is 1.51. The standard InChI is InChI=1S/C27H24BrNO5S/c1-18-4-3-5-22(14-18)33-13-12-29-26(30)25(35-27(29)31)16-20-8-11-23(32-2)24(15-20)34-17-19-6-9-21(28)10-7-19/h3-11,14-16H,12-13,17H2,1-2H3/b25-16-. The Hall–Kier alpha value is -3.23. The second kappa shape index (κ2) is 11.5. The SMILES string of the molecule is COc1ccc(/C=C2\SC(=O)N(CCOc3cccc(C)c3)C2=O)cc1OCc1ccc(Br)cc1. The van der Waals surface area contributed by atoms with Gasteiger partial charge in [0.05, 0.1) is 18.6 Å². The molecule has 0 atom stereocenters. The van der Waals surface area contributed by atoms with E-state index in [-0.39, 0.29) is 24.3 Å². The van der Waals surface area contributed by atoms with Crippen molar-refractivity contribution in [3.8, 4) is 17.2 Å². The largest absolute Gasteiger partial charge is 0.493 e. The van der Waals surface area contributed by atoms with Crippen LogP contribution < -0.4 is 14.2 Å². The van der Waals surface area contributed by atoms with Crippen molar-refractivity contribution in [3.05, 3.63) is 92.8 Å². The van der Waals surface area contributed by atoms with Crippen LogP contribution in [0.15, 0.2) is 76.1 Å². The van der Waals surface area contributed by atoms with E-state index in [9.17, 15) is 9.59 Å². The third-order valence-electron chi connectivity index (χ3n) is 5.24. The van der Waals surface area contributed by atoms with Crippen molar-refractivity contribution >= 4 is 44.9 Å². The molecule has 0 spiro atoms. The molecule has 0 N–H and O–H groups in total.